The number of ether oxygens (including phenoxy) is 1. The third-order valence-corrected chi connectivity index (χ3v) is 5.34. The number of likely N-dealkylation sites (tertiary alicyclic amines) is 1. The van der Waals surface area contributed by atoms with E-state index in [1.54, 1.807) is 12.1 Å². The normalized spacial score (nSPS) is 28.1. The van der Waals surface area contributed by atoms with Gasteiger partial charge in [-0.2, -0.15) is 8.78 Å². The Morgan fingerprint density at radius 2 is 1.92 bits per heavy atom. The first-order valence-electron chi connectivity index (χ1n) is 8.28. The van der Waals surface area contributed by atoms with Crippen LogP contribution in [0.4, 0.5) is 14.5 Å². The molecule has 1 saturated heterocycles. The first kappa shape index (κ1) is 17.4. The fourth-order valence-electron chi connectivity index (χ4n) is 4.61. The number of nitrogens with one attached hydrogen (secondary N) is 1. The topological polar surface area (TPSA) is 24.5 Å². The summed E-state index contributed by atoms with van der Waals surface area (Å²) >= 11 is 5.61. The van der Waals surface area contributed by atoms with Crippen molar-refractivity contribution in [2.75, 3.05) is 11.9 Å². The summed E-state index contributed by atoms with van der Waals surface area (Å²) in [5.74, 6) is 0.146. The van der Waals surface area contributed by atoms with E-state index in [-0.39, 0.29) is 5.75 Å². The first-order chi connectivity index (χ1) is 11.2. The fraction of sp³-hybridized carbons (Fsp3) is 0.611. The predicted octanol–water partition coefficient (Wildman–Crippen LogP) is 4.89. The van der Waals surface area contributed by atoms with Gasteiger partial charge in [-0.15, -0.1) is 0 Å². The number of hydrogen-bond donors (Lipinski definition) is 1. The molecule has 24 heavy (non-hydrogen) atoms. The Morgan fingerprint density at radius 1 is 1.25 bits per heavy atom. The van der Waals surface area contributed by atoms with E-state index in [0.717, 1.165) is 18.7 Å². The molecule has 0 spiro atoms. The highest BCUT2D eigenvalue weighted by Crippen LogP contribution is 2.52. The van der Waals surface area contributed by atoms with Gasteiger partial charge in [0.05, 0.1) is 0 Å². The molecule has 3 nitrogen and oxygen atoms in total. The van der Waals surface area contributed by atoms with E-state index in [1.807, 2.05) is 0 Å². The Bertz CT molecular complexity index is 620. The van der Waals surface area contributed by atoms with Crippen LogP contribution in [0.5, 0.6) is 5.75 Å². The molecule has 1 aromatic carbocycles. The summed E-state index contributed by atoms with van der Waals surface area (Å²) in [5.41, 5.74) is 1.44. The Morgan fingerprint density at radius 3 is 2.54 bits per heavy atom. The van der Waals surface area contributed by atoms with Crippen molar-refractivity contribution in [3.8, 4) is 5.75 Å². The molecule has 0 aromatic heterocycles. The van der Waals surface area contributed by atoms with E-state index in [1.165, 1.54) is 25.0 Å². The standard InChI is InChI=1S/C18H24F2N2OS/c1-17(2)8-13-9-18(3,10-17)11-22(13)16(24)21-12-4-6-14(7-5-12)23-15(19)20/h4-7,13,15H,8-11H2,1-3H3,(H,21,24)/t13-,18-/m1/s1. The van der Waals surface area contributed by atoms with Gasteiger partial charge in [0.25, 0.3) is 0 Å². The number of nitrogens with zero attached hydrogens (tertiary/aromatic N) is 1. The van der Waals surface area contributed by atoms with Crippen LogP contribution in [-0.4, -0.2) is 29.2 Å². The Kier molecular flexibility index (Phi) is 4.45. The minimum absolute atomic E-state index is 0.146. The molecule has 6 heteroatoms. The zero-order valence-corrected chi connectivity index (χ0v) is 15.1. The lowest BCUT2D eigenvalue weighted by Gasteiger charge is -2.39. The van der Waals surface area contributed by atoms with E-state index in [0.29, 0.717) is 22.0 Å². The number of thiocarbonyl (C=S) groups is 1. The molecular weight excluding hydrogens is 330 g/mol. The van der Waals surface area contributed by atoms with E-state index >= 15 is 0 Å². The molecule has 1 N–H and O–H groups in total. The Balaban J connectivity index is 1.65. The lowest BCUT2D eigenvalue weighted by molar-refractivity contribution is -0.0498. The van der Waals surface area contributed by atoms with Crippen molar-refractivity contribution in [1.82, 2.24) is 4.90 Å². The maximum atomic E-state index is 12.2. The van der Waals surface area contributed by atoms with Crippen molar-refractivity contribution in [3.63, 3.8) is 0 Å². The molecule has 2 fully saturated rings. The molecule has 1 aromatic rings. The van der Waals surface area contributed by atoms with Crippen LogP contribution in [0, 0.1) is 10.8 Å². The molecule has 0 amide bonds. The number of fused-ring (bicyclic) bond motifs is 2. The summed E-state index contributed by atoms with van der Waals surface area (Å²) in [7, 11) is 0. The molecule has 0 radical (unpaired) electrons. The number of anilines is 1. The number of hydrogen-bond acceptors (Lipinski definition) is 2. The lowest BCUT2D eigenvalue weighted by Crippen LogP contribution is -2.39. The van der Waals surface area contributed by atoms with Crippen molar-refractivity contribution >= 4 is 23.0 Å². The first-order valence-corrected chi connectivity index (χ1v) is 8.69. The molecule has 2 atom stereocenters. The lowest BCUT2D eigenvalue weighted by atomic mass is 9.65. The van der Waals surface area contributed by atoms with Gasteiger partial charge in [0.15, 0.2) is 5.11 Å². The smallest absolute Gasteiger partial charge is 0.387 e. The monoisotopic (exact) mass is 354 g/mol. The Labute approximate surface area is 147 Å². The van der Waals surface area contributed by atoms with Crippen LogP contribution in [0.3, 0.4) is 0 Å². The summed E-state index contributed by atoms with van der Waals surface area (Å²) in [4.78, 5) is 2.30. The van der Waals surface area contributed by atoms with E-state index in [9.17, 15) is 8.78 Å². The van der Waals surface area contributed by atoms with Crippen molar-refractivity contribution in [2.24, 2.45) is 10.8 Å². The molecule has 1 saturated carbocycles. The summed E-state index contributed by atoms with van der Waals surface area (Å²) in [6.45, 7) is 5.18. The minimum Gasteiger partial charge on any atom is -0.435 e. The third-order valence-electron chi connectivity index (χ3n) is 5.01. The second-order valence-corrected chi connectivity index (χ2v) is 8.56. The van der Waals surface area contributed by atoms with Crippen LogP contribution < -0.4 is 10.1 Å². The van der Waals surface area contributed by atoms with Gasteiger partial charge < -0.3 is 15.0 Å². The second kappa shape index (κ2) is 6.14. The number of rotatable bonds is 3. The molecule has 2 bridgehead atoms. The molecule has 3 rings (SSSR count). The quantitative estimate of drug-likeness (QED) is 0.782. The largest absolute Gasteiger partial charge is 0.435 e. The highest BCUT2D eigenvalue weighted by molar-refractivity contribution is 7.80. The van der Waals surface area contributed by atoms with Crippen LogP contribution >= 0.6 is 12.2 Å². The Hall–Kier alpha value is -1.43. The summed E-state index contributed by atoms with van der Waals surface area (Å²) in [6.07, 6.45) is 3.54. The molecule has 1 aliphatic carbocycles. The predicted molar refractivity (Wildman–Crippen MR) is 95.5 cm³/mol. The van der Waals surface area contributed by atoms with Gasteiger partial charge in [-0.05, 0) is 66.6 Å². The number of benzene rings is 1. The van der Waals surface area contributed by atoms with Gasteiger partial charge in [0.2, 0.25) is 0 Å². The number of alkyl halides is 2. The summed E-state index contributed by atoms with van der Waals surface area (Å²) < 4.78 is 28.7. The molecule has 1 aliphatic heterocycles. The highest BCUT2D eigenvalue weighted by Gasteiger charge is 2.50. The van der Waals surface area contributed by atoms with Crippen LogP contribution in [0.1, 0.15) is 40.0 Å². The summed E-state index contributed by atoms with van der Waals surface area (Å²) in [5, 5.41) is 3.95. The average molecular weight is 354 g/mol. The van der Waals surface area contributed by atoms with Crippen molar-refractivity contribution in [2.45, 2.75) is 52.7 Å². The zero-order chi connectivity index (χ0) is 17.5. The van der Waals surface area contributed by atoms with Gasteiger partial charge in [-0.1, -0.05) is 20.8 Å². The van der Waals surface area contributed by atoms with E-state index < -0.39 is 6.61 Å². The van der Waals surface area contributed by atoms with Crippen molar-refractivity contribution in [1.29, 1.82) is 0 Å². The maximum absolute atomic E-state index is 12.2. The highest BCUT2D eigenvalue weighted by atomic mass is 32.1. The minimum atomic E-state index is -2.81. The van der Waals surface area contributed by atoms with Gasteiger partial charge >= 0.3 is 6.61 Å². The van der Waals surface area contributed by atoms with Crippen LogP contribution in [0.25, 0.3) is 0 Å². The van der Waals surface area contributed by atoms with Gasteiger partial charge in [-0.3, -0.25) is 0 Å². The molecule has 132 valence electrons. The zero-order valence-electron chi connectivity index (χ0n) is 14.3. The van der Waals surface area contributed by atoms with Gasteiger partial charge in [0.1, 0.15) is 5.75 Å². The maximum Gasteiger partial charge on any atom is 0.387 e. The van der Waals surface area contributed by atoms with E-state index in [4.69, 9.17) is 12.2 Å². The fourth-order valence-corrected chi connectivity index (χ4v) is 4.94. The van der Waals surface area contributed by atoms with Crippen molar-refractivity contribution < 1.29 is 13.5 Å². The van der Waals surface area contributed by atoms with Gasteiger partial charge in [-0.25, -0.2) is 0 Å². The van der Waals surface area contributed by atoms with E-state index in [2.05, 4.69) is 35.7 Å². The van der Waals surface area contributed by atoms with Crippen molar-refractivity contribution in [3.05, 3.63) is 24.3 Å². The summed E-state index contributed by atoms with van der Waals surface area (Å²) in [6, 6.07) is 6.92. The van der Waals surface area contributed by atoms with Gasteiger partial charge in [0, 0.05) is 18.3 Å². The van der Waals surface area contributed by atoms with Crippen LogP contribution in [-0.2, 0) is 0 Å². The third kappa shape index (κ3) is 3.79. The molecule has 1 heterocycles. The molecule has 0 unspecified atom stereocenters. The average Bonchev–Trinajstić information content (AvgIpc) is 2.69. The second-order valence-electron chi connectivity index (χ2n) is 8.17. The van der Waals surface area contributed by atoms with Crippen LogP contribution in [0.15, 0.2) is 24.3 Å². The molecular formula is C18H24F2N2OS. The number of halogens is 2. The van der Waals surface area contributed by atoms with Crippen LogP contribution in [0.2, 0.25) is 0 Å². The SMILES string of the molecule is CC1(C)C[C@@H]2C[C@@](C)(CN2C(=S)Nc2ccc(OC(F)F)cc2)C1. The molecule has 2 aliphatic rings.